The van der Waals surface area contributed by atoms with Gasteiger partial charge in [0.2, 0.25) is 0 Å². The zero-order chi connectivity index (χ0) is 10.7. The minimum absolute atomic E-state index is 0.114. The number of hydrogen-bond acceptors (Lipinski definition) is 2. The molecular formula is C10H7F2NO. The number of hydrogen-bond donors (Lipinski definition) is 0. The van der Waals surface area contributed by atoms with Gasteiger partial charge in [0.1, 0.15) is 17.6 Å². The summed E-state index contributed by atoms with van der Waals surface area (Å²) in [6, 6.07) is 4.21. The molecule has 0 fully saturated rings. The van der Waals surface area contributed by atoms with Crippen molar-refractivity contribution in [3.8, 4) is 6.07 Å². The number of rotatable bonds is 2. The summed E-state index contributed by atoms with van der Waals surface area (Å²) >= 11 is 0. The molecule has 0 bridgehead atoms. The van der Waals surface area contributed by atoms with Gasteiger partial charge >= 0.3 is 0 Å². The summed E-state index contributed by atoms with van der Waals surface area (Å²) in [7, 11) is 0. The normalized spacial score (nSPS) is 11.9. The van der Waals surface area contributed by atoms with Crippen molar-refractivity contribution in [2.75, 3.05) is 0 Å². The van der Waals surface area contributed by atoms with E-state index >= 15 is 0 Å². The predicted molar refractivity (Wildman–Crippen MR) is 45.5 cm³/mol. The van der Waals surface area contributed by atoms with Crippen LogP contribution < -0.4 is 0 Å². The van der Waals surface area contributed by atoms with Crippen LogP contribution in [0.25, 0.3) is 0 Å². The number of carbonyl (C=O) groups is 1. The second kappa shape index (κ2) is 3.97. The topological polar surface area (TPSA) is 40.9 Å². The Balaban J connectivity index is 3.09. The van der Waals surface area contributed by atoms with Gasteiger partial charge in [0, 0.05) is 11.6 Å². The van der Waals surface area contributed by atoms with Gasteiger partial charge in [-0.1, -0.05) is 0 Å². The molecule has 1 unspecified atom stereocenters. The SMILES string of the molecule is CC(C#N)C(=O)c1cc(F)cc(F)c1. The van der Waals surface area contributed by atoms with E-state index in [4.69, 9.17) is 5.26 Å². The number of carbonyl (C=O) groups excluding carboxylic acids is 1. The Labute approximate surface area is 79.8 Å². The smallest absolute Gasteiger partial charge is 0.179 e. The van der Waals surface area contributed by atoms with E-state index in [1.54, 1.807) is 6.07 Å². The summed E-state index contributed by atoms with van der Waals surface area (Å²) in [4.78, 5) is 11.3. The number of benzene rings is 1. The molecule has 0 amide bonds. The van der Waals surface area contributed by atoms with E-state index in [0.717, 1.165) is 12.1 Å². The number of ketones is 1. The van der Waals surface area contributed by atoms with Gasteiger partial charge < -0.3 is 0 Å². The zero-order valence-electron chi connectivity index (χ0n) is 7.42. The molecule has 0 aliphatic heterocycles. The van der Waals surface area contributed by atoms with Crippen molar-refractivity contribution in [3.05, 3.63) is 35.4 Å². The van der Waals surface area contributed by atoms with Crippen LogP contribution in [0.15, 0.2) is 18.2 Å². The molecule has 0 spiro atoms. The van der Waals surface area contributed by atoms with Gasteiger partial charge in [-0.25, -0.2) is 8.78 Å². The Hall–Kier alpha value is -1.76. The molecule has 1 atom stereocenters. The third kappa shape index (κ3) is 2.13. The fourth-order valence-electron chi connectivity index (χ4n) is 1.00. The molecule has 0 N–H and O–H groups in total. The molecule has 1 aromatic carbocycles. The molecular weight excluding hydrogens is 188 g/mol. The molecule has 14 heavy (non-hydrogen) atoms. The van der Waals surface area contributed by atoms with Crippen LogP contribution in [0, 0.1) is 28.9 Å². The monoisotopic (exact) mass is 195 g/mol. The van der Waals surface area contributed by atoms with Crippen molar-refractivity contribution in [2.24, 2.45) is 5.92 Å². The van der Waals surface area contributed by atoms with E-state index in [1.165, 1.54) is 6.92 Å². The minimum Gasteiger partial charge on any atom is -0.293 e. The van der Waals surface area contributed by atoms with Gasteiger partial charge in [0.05, 0.1) is 6.07 Å². The minimum atomic E-state index is -0.892. The maximum atomic E-state index is 12.7. The lowest BCUT2D eigenvalue weighted by Crippen LogP contribution is -2.09. The molecule has 0 radical (unpaired) electrons. The fourth-order valence-corrected chi connectivity index (χ4v) is 1.00. The second-order valence-electron chi connectivity index (χ2n) is 2.87. The maximum Gasteiger partial charge on any atom is 0.179 e. The largest absolute Gasteiger partial charge is 0.293 e. The molecule has 0 heterocycles. The first-order valence-electron chi connectivity index (χ1n) is 3.94. The summed E-state index contributed by atoms with van der Waals surface area (Å²) < 4.78 is 25.4. The summed E-state index contributed by atoms with van der Waals surface area (Å²) in [5, 5.41) is 8.45. The molecule has 72 valence electrons. The van der Waals surface area contributed by atoms with Gasteiger partial charge in [-0.05, 0) is 19.1 Å². The van der Waals surface area contributed by atoms with Gasteiger partial charge in [-0.15, -0.1) is 0 Å². The average molecular weight is 195 g/mol. The number of nitriles is 1. The van der Waals surface area contributed by atoms with Crippen molar-refractivity contribution in [2.45, 2.75) is 6.92 Å². The number of Topliss-reactive ketones (excluding diaryl/α,β-unsaturated/α-hetero) is 1. The first kappa shape index (κ1) is 10.3. The number of nitrogens with zero attached hydrogens (tertiary/aromatic N) is 1. The highest BCUT2D eigenvalue weighted by Gasteiger charge is 2.15. The summed E-state index contributed by atoms with van der Waals surface area (Å²) in [6.45, 7) is 1.38. The van der Waals surface area contributed by atoms with Gasteiger partial charge in [-0.2, -0.15) is 5.26 Å². The van der Waals surface area contributed by atoms with Crippen LogP contribution in [0.5, 0.6) is 0 Å². The second-order valence-corrected chi connectivity index (χ2v) is 2.87. The van der Waals surface area contributed by atoms with Crippen LogP contribution in [0.3, 0.4) is 0 Å². The molecule has 1 aromatic rings. The van der Waals surface area contributed by atoms with E-state index < -0.39 is 23.3 Å². The quantitative estimate of drug-likeness (QED) is 0.679. The van der Waals surface area contributed by atoms with Crippen molar-refractivity contribution in [3.63, 3.8) is 0 Å². The number of halogens is 2. The van der Waals surface area contributed by atoms with Crippen LogP contribution in [0.4, 0.5) is 8.78 Å². The van der Waals surface area contributed by atoms with Crippen LogP contribution in [0.1, 0.15) is 17.3 Å². The Kier molecular flexibility index (Phi) is 2.92. The third-order valence-corrected chi connectivity index (χ3v) is 1.73. The lowest BCUT2D eigenvalue weighted by molar-refractivity contribution is 0.0955. The highest BCUT2D eigenvalue weighted by atomic mass is 19.1. The van der Waals surface area contributed by atoms with Crippen LogP contribution in [-0.2, 0) is 0 Å². The van der Waals surface area contributed by atoms with E-state index in [1.807, 2.05) is 0 Å². The van der Waals surface area contributed by atoms with Crippen molar-refractivity contribution in [1.82, 2.24) is 0 Å². The van der Waals surface area contributed by atoms with E-state index in [9.17, 15) is 13.6 Å². The molecule has 1 rings (SSSR count). The summed E-state index contributed by atoms with van der Waals surface area (Å²) in [6.07, 6.45) is 0. The summed E-state index contributed by atoms with van der Waals surface area (Å²) in [5.74, 6) is -3.11. The summed E-state index contributed by atoms with van der Waals surface area (Å²) in [5.41, 5.74) is -0.114. The molecule has 2 nitrogen and oxygen atoms in total. The Morgan fingerprint density at radius 2 is 1.86 bits per heavy atom. The van der Waals surface area contributed by atoms with E-state index in [-0.39, 0.29) is 5.56 Å². The molecule has 0 aliphatic carbocycles. The van der Waals surface area contributed by atoms with Crippen molar-refractivity contribution in [1.29, 1.82) is 5.26 Å². The standard InChI is InChI=1S/C10H7F2NO/c1-6(5-13)10(14)7-2-8(11)4-9(12)3-7/h2-4,6H,1H3. The zero-order valence-corrected chi connectivity index (χ0v) is 7.42. The van der Waals surface area contributed by atoms with E-state index in [2.05, 4.69) is 0 Å². The first-order chi connectivity index (χ1) is 6.54. The Morgan fingerprint density at radius 3 is 2.29 bits per heavy atom. The molecule has 4 heteroatoms. The lowest BCUT2D eigenvalue weighted by Gasteiger charge is -2.02. The fraction of sp³-hybridized carbons (Fsp3) is 0.200. The molecule has 0 saturated heterocycles. The van der Waals surface area contributed by atoms with Gasteiger partial charge in [-0.3, -0.25) is 4.79 Å². The van der Waals surface area contributed by atoms with Crippen molar-refractivity contribution < 1.29 is 13.6 Å². The maximum absolute atomic E-state index is 12.7. The van der Waals surface area contributed by atoms with E-state index in [0.29, 0.717) is 6.07 Å². The van der Waals surface area contributed by atoms with Crippen molar-refractivity contribution >= 4 is 5.78 Å². The van der Waals surface area contributed by atoms with Crippen LogP contribution in [-0.4, -0.2) is 5.78 Å². The van der Waals surface area contributed by atoms with Gasteiger partial charge in [0.25, 0.3) is 0 Å². The molecule has 0 aromatic heterocycles. The molecule has 0 aliphatic rings. The van der Waals surface area contributed by atoms with Gasteiger partial charge in [0.15, 0.2) is 5.78 Å². The Morgan fingerprint density at radius 1 is 1.36 bits per heavy atom. The average Bonchev–Trinajstić information content (AvgIpc) is 2.14. The molecule has 0 saturated carbocycles. The van der Waals surface area contributed by atoms with Crippen LogP contribution in [0.2, 0.25) is 0 Å². The highest BCUT2D eigenvalue weighted by Crippen LogP contribution is 2.12. The highest BCUT2D eigenvalue weighted by molar-refractivity contribution is 5.99. The third-order valence-electron chi connectivity index (χ3n) is 1.73. The Bertz CT molecular complexity index is 389. The predicted octanol–water partition coefficient (Wildman–Crippen LogP) is 2.31. The van der Waals surface area contributed by atoms with Crippen LogP contribution >= 0.6 is 0 Å². The first-order valence-corrected chi connectivity index (χ1v) is 3.94. The lowest BCUT2D eigenvalue weighted by atomic mass is 10.0.